The van der Waals surface area contributed by atoms with Crippen LogP contribution in [0.4, 0.5) is 5.69 Å². The number of hydrogen-bond donors (Lipinski definition) is 1. The molecule has 31 heavy (non-hydrogen) atoms. The Morgan fingerprint density at radius 3 is 2.71 bits per heavy atom. The number of phenols is 1. The van der Waals surface area contributed by atoms with Gasteiger partial charge in [-0.3, -0.25) is 4.98 Å². The summed E-state index contributed by atoms with van der Waals surface area (Å²) in [4.78, 5) is 10.7. The van der Waals surface area contributed by atoms with Gasteiger partial charge in [0.25, 0.3) is 0 Å². The minimum Gasteiger partial charge on any atom is -0.507 e. The van der Waals surface area contributed by atoms with Crippen molar-refractivity contribution in [1.29, 1.82) is 0 Å². The summed E-state index contributed by atoms with van der Waals surface area (Å²) in [5.41, 5.74) is 3.12. The van der Waals surface area contributed by atoms with Gasteiger partial charge in [0.2, 0.25) is 4.80 Å². The Morgan fingerprint density at radius 2 is 1.90 bits per heavy atom. The van der Waals surface area contributed by atoms with Gasteiger partial charge in [-0.05, 0) is 42.0 Å². The predicted octanol–water partition coefficient (Wildman–Crippen LogP) is 6.04. The number of thiophene rings is 1. The molecule has 0 fully saturated rings. The van der Waals surface area contributed by atoms with Crippen molar-refractivity contribution in [3.63, 3.8) is 0 Å². The van der Waals surface area contributed by atoms with E-state index in [-0.39, 0.29) is 5.75 Å². The molecule has 5 aromatic rings. The summed E-state index contributed by atoms with van der Waals surface area (Å²) in [6.45, 7) is 1.90. The Hall–Kier alpha value is -3.55. The summed E-state index contributed by atoms with van der Waals surface area (Å²) in [5, 5.41) is 21.7. The van der Waals surface area contributed by atoms with Crippen LogP contribution in [-0.2, 0) is 0 Å². The lowest BCUT2D eigenvalue weighted by molar-refractivity contribution is 0.480. The van der Waals surface area contributed by atoms with Gasteiger partial charge in [0.1, 0.15) is 5.75 Å². The highest BCUT2D eigenvalue weighted by atomic mass is 32.1. The predicted molar refractivity (Wildman–Crippen MR) is 128 cm³/mol. The lowest BCUT2D eigenvalue weighted by Crippen LogP contribution is -2.13. The Kier molecular flexibility index (Phi) is 5.19. The molecule has 5 nitrogen and oxygen atoms in total. The van der Waals surface area contributed by atoms with Gasteiger partial charge in [0.15, 0.2) is 0 Å². The van der Waals surface area contributed by atoms with Crippen LogP contribution in [0.25, 0.3) is 21.3 Å². The molecule has 0 radical (unpaired) electrons. The van der Waals surface area contributed by atoms with Crippen LogP contribution < -0.4 is 4.80 Å². The number of rotatable bonds is 4. The zero-order valence-corrected chi connectivity index (χ0v) is 18.3. The van der Waals surface area contributed by atoms with Crippen LogP contribution in [0.15, 0.2) is 93.9 Å². The second-order valence-electron chi connectivity index (χ2n) is 6.88. The van der Waals surface area contributed by atoms with Crippen LogP contribution in [-0.4, -0.2) is 20.5 Å². The van der Waals surface area contributed by atoms with Crippen molar-refractivity contribution in [2.45, 2.75) is 6.92 Å². The molecule has 1 N–H and O–H groups in total. The molecule has 0 aliphatic rings. The van der Waals surface area contributed by atoms with Crippen molar-refractivity contribution in [3.05, 3.63) is 94.2 Å². The quantitative estimate of drug-likeness (QED) is 0.345. The summed E-state index contributed by atoms with van der Waals surface area (Å²) in [7, 11) is 0. The molecule has 0 unspecified atom stereocenters. The fraction of sp³-hybridized carbons (Fsp3) is 0.0417. The number of thiazole rings is 1. The molecule has 0 saturated heterocycles. The minimum absolute atomic E-state index is 0.235. The molecule has 0 aliphatic heterocycles. The molecule has 2 aromatic carbocycles. The second-order valence-corrected chi connectivity index (χ2v) is 8.67. The van der Waals surface area contributed by atoms with E-state index < -0.39 is 0 Å². The number of aromatic hydroxyl groups is 1. The van der Waals surface area contributed by atoms with Crippen molar-refractivity contribution in [1.82, 2.24) is 9.66 Å². The molecule has 5 rings (SSSR count). The van der Waals surface area contributed by atoms with E-state index in [1.54, 1.807) is 23.7 Å². The van der Waals surface area contributed by atoms with E-state index >= 15 is 0 Å². The zero-order valence-electron chi connectivity index (χ0n) is 16.6. The summed E-state index contributed by atoms with van der Waals surface area (Å²) in [6, 6.07) is 19.6. The third-order valence-corrected chi connectivity index (χ3v) is 6.58. The summed E-state index contributed by atoms with van der Waals surface area (Å²) < 4.78 is 1.84. The molecule has 152 valence electrons. The summed E-state index contributed by atoms with van der Waals surface area (Å²) in [5.74, 6) is 0.235. The molecule has 7 heteroatoms. The monoisotopic (exact) mass is 442 g/mol. The van der Waals surface area contributed by atoms with Crippen LogP contribution in [0, 0.1) is 0 Å². The smallest absolute Gasteiger partial charge is 0.211 e. The second kappa shape index (κ2) is 8.29. The summed E-state index contributed by atoms with van der Waals surface area (Å²) in [6.07, 6.45) is 3.45. The molecule has 0 spiro atoms. The van der Waals surface area contributed by atoms with Crippen LogP contribution in [0.2, 0.25) is 0 Å². The average molecular weight is 443 g/mol. The van der Waals surface area contributed by atoms with Crippen molar-refractivity contribution in [2.75, 3.05) is 0 Å². The van der Waals surface area contributed by atoms with Gasteiger partial charge in [-0.1, -0.05) is 36.4 Å². The molecule has 0 bridgehead atoms. The molecule has 0 saturated carbocycles. The van der Waals surface area contributed by atoms with Crippen molar-refractivity contribution >= 4 is 44.8 Å². The maximum atomic E-state index is 10.9. The lowest BCUT2D eigenvalue weighted by atomic mass is 10.0. The highest BCUT2D eigenvalue weighted by molar-refractivity contribution is 7.14. The van der Waals surface area contributed by atoms with Gasteiger partial charge in [-0.2, -0.15) is 5.10 Å². The van der Waals surface area contributed by atoms with E-state index in [0.717, 1.165) is 31.8 Å². The minimum atomic E-state index is 0.235. The number of nitrogens with zero attached hydrogens (tertiary/aromatic N) is 4. The average Bonchev–Trinajstić information content (AvgIpc) is 3.45. The number of aromatic nitrogens is 2. The molecule has 3 aromatic heterocycles. The maximum Gasteiger partial charge on any atom is 0.211 e. The number of benzene rings is 2. The topological polar surface area (TPSA) is 62.8 Å². The molecule has 0 aliphatic carbocycles. The van der Waals surface area contributed by atoms with Gasteiger partial charge >= 0.3 is 0 Å². The fourth-order valence-corrected chi connectivity index (χ4v) is 4.99. The third kappa shape index (κ3) is 3.81. The highest BCUT2D eigenvalue weighted by Gasteiger charge is 2.13. The van der Waals surface area contributed by atoms with Gasteiger partial charge in [-0.15, -0.1) is 22.7 Å². The van der Waals surface area contributed by atoms with Gasteiger partial charge in [-0.25, -0.2) is 9.67 Å². The lowest BCUT2D eigenvalue weighted by Gasteiger charge is -2.09. The maximum absolute atomic E-state index is 10.9. The first-order chi connectivity index (χ1) is 15.2. The van der Waals surface area contributed by atoms with E-state index in [1.165, 1.54) is 11.3 Å². The Balaban J connectivity index is 1.69. The Morgan fingerprint density at radius 1 is 1.00 bits per heavy atom. The van der Waals surface area contributed by atoms with Crippen molar-refractivity contribution < 1.29 is 5.11 Å². The number of fused-ring (bicyclic) bond motifs is 1. The first kappa shape index (κ1) is 19.4. The van der Waals surface area contributed by atoms with E-state index in [4.69, 9.17) is 10.1 Å². The number of pyridine rings is 1. The largest absolute Gasteiger partial charge is 0.507 e. The normalized spacial score (nSPS) is 12.5. The SMILES string of the molecule is CC(=Nn1c(-c2cccs2)csc1=Nc1cccnc1)c1ccc2ccccc2c1O. The first-order valence-electron chi connectivity index (χ1n) is 9.66. The van der Waals surface area contributed by atoms with Crippen LogP contribution in [0.3, 0.4) is 0 Å². The third-order valence-electron chi connectivity index (χ3n) is 4.87. The van der Waals surface area contributed by atoms with E-state index in [9.17, 15) is 5.11 Å². The van der Waals surface area contributed by atoms with Crippen LogP contribution in [0.1, 0.15) is 12.5 Å². The molecular formula is C24H18N4OS2. The van der Waals surface area contributed by atoms with Crippen LogP contribution in [0.5, 0.6) is 5.75 Å². The van der Waals surface area contributed by atoms with E-state index in [2.05, 4.69) is 16.4 Å². The van der Waals surface area contributed by atoms with Gasteiger partial charge in [0, 0.05) is 22.5 Å². The molecular weight excluding hydrogens is 424 g/mol. The molecule has 3 heterocycles. The Bertz CT molecular complexity index is 1450. The fourth-order valence-electron chi connectivity index (χ4n) is 3.35. The molecule has 0 atom stereocenters. The van der Waals surface area contributed by atoms with Crippen molar-refractivity contribution in [3.8, 4) is 16.3 Å². The first-order valence-corrected chi connectivity index (χ1v) is 11.4. The number of phenolic OH excluding ortho intramolecular Hbond substituents is 1. The zero-order chi connectivity index (χ0) is 21.2. The van der Waals surface area contributed by atoms with Crippen molar-refractivity contribution in [2.24, 2.45) is 10.1 Å². The molecule has 0 amide bonds. The van der Waals surface area contributed by atoms with E-state index in [0.29, 0.717) is 11.3 Å². The Labute approximate surface area is 186 Å². The highest BCUT2D eigenvalue weighted by Crippen LogP contribution is 2.30. The van der Waals surface area contributed by atoms with Gasteiger partial charge in [0.05, 0.1) is 28.2 Å². The van der Waals surface area contributed by atoms with E-state index in [1.807, 2.05) is 71.6 Å². The number of hydrogen-bond acceptors (Lipinski definition) is 6. The summed E-state index contributed by atoms with van der Waals surface area (Å²) >= 11 is 3.17. The van der Waals surface area contributed by atoms with Gasteiger partial charge < -0.3 is 5.11 Å². The standard InChI is InChI=1S/C24H18N4OS2/c1-16(19-11-10-17-6-2-3-8-20(17)23(19)29)27-28-21(22-9-5-13-30-22)15-31-24(28)26-18-7-4-12-25-14-18/h2-15,29H,1H3. The van der Waals surface area contributed by atoms with Crippen LogP contribution >= 0.6 is 22.7 Å².